The van der Waals surface area contributed by atoms with E-state index in [1.165, 1.54) is 16.0 Å². The highest BCUT2D eigenvalue weighted by molar-refractivity contribution is 7.18. The zero-order valence-electron chi connectivity index (χ0n) is 15.7. The molecule has 1 aliphatic rings. The van der Waals surface area contributed by atoms with Crippen molar-refractivity contribution in [3.63, 3.8) is 0 Å². The number of thiazole rings is 1. The van der Waals surface area contributed by atoms with E-state index < -0.39 is 0 Å². The Labute approximate surface area is 172 Å². The van der Waals surface area contributed by atoms with E-state index in [9.17, 15) is 9.59 Å². The van der Waals surface area contributed by atoms with Crippen molar-refractivity contribution in [2.75, 3.05) is 26.2 Å². The lowest BCUT2D eigenvalue weighted by atomic mass is 10.1. The monoisotopic (exact) mass is 413 g/mol. The lowest BCUT2D eigenvalue weighted by molar-refractivity contribution is -0.132. The topological polar surface area (TPSA) is 53.5 Å². The fourth-order valence-corrected chi connectivity index (χ4v) is 5.15. The molecule has 0 saturated carbocycles. The van der Waals surface area contributed by atoms with Gasteiger partial charge in [-0.2, -0.15) is 0 Å². The van der Waals surface area contributed by atoms with Crippen LogP contribution in [0.4, 0.5) is 0 Å². The predicted molar refractivity (Wildman–Crippen MR) is 114 cm³/mol. The molecule has 0 radical (unpaired) electrons. The Kier molecular flexibility index (Phi) is 6.02. The summed E-state index contributed by atoms with van der Waals surface area (Å²) >= 11 is 3.21. The van der Waals surface area contributed by atoms with E-state index in [0.717, 1.165) is 34.7 Å². The lowest BCUT2D eigenvalue weighted by Gasteiger charge is -2.34. The number of para-hydroxylation sites is 1. The van der Waals surface area contributed by atoms with Crippen LogP contribution in [0.3, 0.4) is 0 Å². The zero-order valence-corrected chi connectivity index (χ0v) is 17.3. The van der Waals surface area contributed by atoms with E-state index in [0.29, 0.717) is 32.6 Å². The van der Waals surface area contributed by atoms with E-state index in [4.69, 9.17) is 0 Å². The number of amides is 2. The van der Waals surface area contributed by atoms with Gasteiger partial charge in [0, 0.05) is 32.6 Å². The van der Waals surface area contributed by atoms with Crippen molar-refractivity contribution < 1.29 is 9.59 Å². The Morgan fingerprint density at radius 2 is 1.75 bits per heavy atom. The fourth-order valence-electron chi connectivity index (χ4n) is 3.45. The van der Waals surface area contributed by atoms with Crippen LogP contribution in [-0.2, 0) is 11.2 Å². The summed E-state index contributed by atoms with van der Waals surface area (Å²) in [6.45, 7) is 2.50. The Morgan fingerprint density at radius 1 is 0.964 bits per heavy atom. The number of rotatable bonds is 6. The van der Waals surface area contributed by atoms with Crippen LogP contribution in [0.5, 0.6) is 0 Å². The average Bonchev–Trinajstić information content (AvgIpc) is 3.40. The third-order valence-corrected chi connectivity index (χ3v) is 6.98. The number of carbonyl (C=O) groups excluding carboxylic acids is 2. The number of aromatic nitrogens is 1. The van der Waals surface area contributed by atoms with Crippen LogP contribution in [0.2, 0.25) is 0 Å². The molecule has 28 heavy (non-hydrogen) atoms. The maximum Gasteiger partial charge on any atom is 0.264 e. The second-order valence-electron chi connectivity index (χ2n) is 6.93. The minimum Gasteiger partial charge on any atom is -0.339 e. The highest BCUT2D eigenvalue weighted by Crippen LogP contribution is 2.23. The number of unbranched alkanes of at least 4 members (excludes halogenated alkanes) is 1. The Bertz CT molecular complexity index is 911. The molecule has 0 bridgehead atoms. The maximum absolute atomic E-state index is 12.5. The van der Waals surface area contributed by atoms with Gasteiger partial charge in [-0.15, -0.1) is 22.7 Å². The molecule has 1 saturated heterocycles. The number of carbonyl (C=O) groups is 2. The first kappa shape index (κ1) is 19.1. The molecule has 2 amide bonds. The fraction of sp³-hybridized carbons (Fsp3) is 0.381. The van der Waals surface area contributed by atoms with Gasteiger partial charge in [0.15, 0.2) is 0 Å². The summed E-state index contributed by atoms with van der Waals surface area (Å²) in [5.41, 5.74) is 1.06. The maximum atomic E-state index is 12.5. The molecule has 5 nitrogen and oxygen atoms in total. The third kappa shape index (κ3) is 4.42. The first-order chi connectivity index (χ1) is 13.7. The Hall–Kier alpha value is -2.25. The third-order valence-electron chi connectivity index (χ3n) is 5.02. The predicted octanol–water partition coefficient (Wildman–Crippen LogP) is 4.06. The summed E-state index contributed by atoms with van der Waals surface area (Å²) in [5, 5.41) is 3.07. The molecule has 0 atom stereocenters. The molecular weight excluding hydrogens is 390 g/mol. The molecule has 4 rings (SSSR count). The van der Waals surface area contributed by atoms with Crippen LogP contribution >= 0.6 is 22.7 Å². The van der Waals surface area contributed by atoms with Gasteiger partial charge in [-0.25, -0.2) is 4.98 Å². The quantitative estimate of drug-likeness (QED) is 0.573. The molecule has 3 aromatic rings. The second kappa shape index (κ2) is 8.84. The number of aryl methyl sites for hydroxylation is 1. The normalized spacial score (nSPS) is 14.6. The van der Waals surface area contributed by atoms with Crippen LogP contribution in [0.25, 0.3) is 10.2 Å². The van der Waals surface area contributed by atoms with Crippen LogP contribution in [0.15, 0.2) is 41.8 Å². The molecule has 0 aliphatic carbocycles. The molecule has 1 aliphatic heterocycles. The minimum absolute atomic E-state index is 0.0814. The number of thiophene rings is 1. The molecule has 1 fully saturated rings. The summed E-state index contributed by atoms with van der Waals surface area (Å²) in [6, 6.07) is 11.9. The highest BCUT2D eigenvalue weighted by Gasteiger charge is 2.24. The van der Waals surface area contributed by atoms with Crippen molar-refractivity contribution in [3.05, 3.63) is 51.7 Å². The smallest absolute Gasteiger partial charge is 0.264 e. The van der Waals surface area contributed by atoms with Gasteiger partial charge in [-0.1, -0.05) is 18.2 Å². The summed E-state index contributed by atoms with van der Waals surface area (Å²) in [7, 11) is 0. The SMILES string of the molecule is O=C(CCCCc1nc2ccccc2s1)N1CCN(C(=O)c2cccs2)CC1. The van der Waals surface area contributed by atoms with Crippen molar-refractivity contribution in [2.45, 2.75) is 25.7 Å². The molecule has 1 aromatic carbocycles. The van der Waals surface area contributed by atoms with E-state index in [1.807, 2.05) is 45.5 Å². The number of piperazine rings is 1. The molecular formula is C21H23N3O2S2. The van der Waals surface area contributed by atoms with Crippen LogP contribution in [0.1, 0.15) is 33.9 Å². The number of benzene rings is 1. The molecule has 3 heterocycles. The van der Waals surface area contributed by atoms with Gasteiger partial charge < -0.3 is 9.80 Å². The van der Waals surface area contributed by atoms with Crippen LogP contribution in [-0.4, -0.2) is 52.8 Å². The summed E-state index contributed by atoms with van der Waals surface area (Å²) in [6.07, 6.45) is 3.35. The highest BCUT2D eigenvalue weighted by atomic mass is 32.1. The number of nitrogens with zero attached hydrogens (tertiary/aromatic N) is 3. The first-order valence-electron chi connectivity index (χ1n) is 9.66. The number of hydrogen-bond acceptors (Lipinski definition) is 5. The summed E-state index contributed by atoms with van der Waals surface area (Å²) in [5.74, 6) is 0.283. The molecule has 2 aromatic heterocycles. The van der Waals surface area contributed by atoms with Crippen molar-refractivity contribution in [2.24, 2.45) is 0 Å². The Morgan fingerprint density at radius 3 is 2.50 bits per heavy atom. The van der Waals surface area contributed by atoms with Gasteiger partial charge in [-0.05, 0) is 42.8 Å². The molecule has 7 heteroatoms. The van der Waals surface area contributed by atoms with Crippen LogP contribution in [0, 0.1) is 0 Å². The number of hydrogen-bond donors (Lipinski definition) is 0. The standard InChI is InChI=1S/C21H23N3O2S2/c25-20(10-4-3-9-19-22-16-6-1-2-7-17(16)28-19)23-11-13-24(14-12-23)21(26)18-8-5-15-27-18/h1-2,5-8,15H,3-4,9-14H2. The van der Waals surface area contributed by atoms with Gasteiger partial charge in [0.2, 0.25) is 5.91 Å². The van der Waals surface area contributed by atoms with Crippen molar-refractivity contribution in [1.82, 2.24) is 14.8 Å². The number of fused-ring (bicyclic) bond motifs is 1. The molecule has 146 valence electrons. The van der Waals surface area contributed by atoms with E-state index in [2.05, 4.69) is 11.1 Å². The summed E-state index contributed by atoms with van der Waals surface area (Å²) < 4.78 is 1.23. The zero-order chi connectivity index (χ0) is 19.3. The van der Waals surface area contributed by atoms with Crippen LogP contribution < -0.4 is 0 Å². The van der Waals surface area contributed by atoms with E-state index in [-0.39, 0.29) is 11.8 Å². The lowest BCUT2D eigenvalue weighted by Crippen LogP contribution is -2.50. The molecule has 0 spiro atoms. The van der Waals surface area contributed by atoms with Crippen molar-refractivity contribution in [1.29, 1.82) is 0 Å². The van der Waals surface area contributed by atoms with E-state index >= 15 is 0 Å². The summed E-state index contributed by atoms with van der Waals surface area (Å²) in [4.78, 5) is 34.0. The largest absolute Gasteiger partial charge is 0.339 e. The Balaban J connectivity index is 1.18. The van der Waals surface area contributed by atoms with Gasteiger partial charge in [0.25, 0.3) is 5.91 Å². The first-order valence-corrected chi connectivity index (χ1v) is 11.4. The van der Waals surface area contributed by atoms with Gasteiger partial charge in [0.1, 0.15) is 0 Å². The van der Waals surface area contributed by atoms with Gasteiger partial charge >= 0.3 is 0 Å². The van der Waals surface area contributed by atoms with E-state index in [1.54, 1.807) is 11.3 Å². The van der Waals surface area contributed by atoms with Crippen molar-refractivity contribution in [3.8, 4) is 0 Å². The van der Waals surface area contributed by atoms with Crippen molar-refractivity contribution >= 4 is 44.7 Å². The molecule has 0 unspecified atom stereocenters. The second-order valence-corrected chi connectivity index (χ2v) is 9.00. The minimum atomic E-state index is 0.0814. The van der Waals surface area contributed by atoms with Gasteiger partial charge in [-0.3, -0.25) is 9.59 Å². The average molecular weight is 414 g/mol. The van der Waals surface area contributed by atoms with Gasteiger partial charge in [0.05, 0.1) is 20.1 Å². The molecule has 0 N–H and O–H groups in total.